The minimum atomic E-state index is -0.131. The van der Waals surface area contributed by atoms with Gasteiger partial charge in [0.2, 0.25) is 0 Å². The standard InChI is InChI=1S/C2H9OSi2/c1-2-5-3-4/h2H,5H2,1,4H3. The average molecular weight is 105 g/mol. The van der Waals surface area contributed by atoms with Crippen LogP contribution in [-0.4, -0.2) is 20.2 Å². The molecular weight excluding hydrogens is 96.2 g/mol. The Kier molecular flexibility index (Phi) is 4.74. The Morgan fingerprint density at radius 1 is 2.00 bits per heavy atom. The quantitative estimate of drug-likeness (QED) is 0.390. The Hall–Kier alpha value is 0.394. The van der Waals surface area contributed by atoms with Crippen molar-refractivity contribution in [3.63, 3.8) is 0 Å². The number of hydrogen-bond acceptors (Lipinski definition) is 1. The molecule has 0 aromatic rings. The predicted octanol–water partition coefficient (Wildman–Crippen LogP) is -1.45. The molecular formula is C2H9OSi2. The lowest BCUT2D eigenvalue weighted by atomic mass is 11.0. The maximum Gasteiger partial charge on any atom is 0.148 e. The van der Waals surface area contributed by atoms with Crippen molar-refractivity contribution in [3.05, 3.63) is 6.04 Å². The van der Waals surface area contributed by atoms with Crippen LogP contribution in [-0.2, 0) is 4.12 Å². The fourth-order valence-electron chi connectivity index (χ4n) is 0.167. The van der Waals surface area contributed by atoms with Crippen molar-refractivity contribution < 1.29 is 4.12 Å². The molecule has 0 saturated heterocycles. The van der Waals surface area contributed by atoms with Crippen LogP contribution in [0.4, 0.5) is 0 Å². The third kappa shape index (κ3) is 4.39. The second-order valence-electron chi connectivity index (χ2n) is 0.864. The van der Waals surface area contributed by atoms with Crippen LogP contribution in [0, 0.1) is 6.04 Å². The monoisotopic (exact) mass is 105 g/mol. The first kappa shape index (κ1) is 5.39. The summed E-state index contributed by atoms with van der Waals surface area (Å²) in [5.74, 6) is 0. The first-order valence-corrected chi connectivity index (χ1v) is 3.89. The van der Waals surface area contributed by atoms with Gasteiger partial charge in [-0.3, -0.25) is 0 Å². The Morgan fingerprint density at radius 3 is 2.60 bits per heavy atom. The van der Waals surface area contributed by atoms with E-state index in [2.05, 4.69) is 6.04 Å². The summed E-state index contributed by atoms with van der Waals surface area (Å²) >= 11 is 0. The molecule has 0 aliphatic carbocycles. The van der Waals surface area contributed by atoms with Gasteiger partial charge < -0.3 is 4.12 Å². The van der Waals surface area contributed by atoms with E-state index >= 15 is 0 Å². The molecule has 0 atom stereocenters. The molecule has 1 radical (unpaired) electrons. The topological polar surface area (TPSA) is 9.23 Å². The fraction of sp³-hybridized carbons (Fsp3) is 0.500. The maximum atomic E-state index is 4.91. The molecule has 0 bridgehead atoms. The molecule has 0 saturated carbocycles. The largest absolute Gasteiger partial charge is 0.468 e. The molecule has 0 N–H and O–H groups in total. The number of rotatable bonds is 2. The van der Waals surface area contributed by atoms with Crippen LogP contribution in [0.25, 0.3) is 0 Å². The fourth-order valence-corrected chi connectivity index (χ4v) is 1.50. The van der Waals surface area contributed by atoms with Crippen molar-refractivity contribution >= 4 is 20.2 Å². The average Bonchev–Trinajstić information content (AvgIpc) is 1.41. The van der Waals surface area contributed by atoms with Crippen LogP contribution in [0.3, 0.4) is 0 Å². The van der Waals surface area contributed by atoms with Crippen molar-refractivity contribution in [2.45, 2.75) is 6.92 Å². The van der Waals surface area contributed by atoms with E-state index < -0.39 is 0 Å². The SMILES string of the molecule is C[CH][SiH2]O[SiH3]. The predicted molar refractivity (Wildman–Crippen MR) is 29.5 cm³/mol. The van der Waals surface area contributed by atoms with Crippen molar-refractivity contribution in [2.75, 3.05) is 0 Å². The first-order valence-electron chi connectivity index (χ1n) is 1.68. The van der Waals surface area contributed by atoms with Crippen molar-refractivity contribution in [1.29, 1.82) is 0 Å². The summed E-state index contributed by atoms with van der Waals surface area (Å²) in [5, 5.41) is 0. The molecule has 0 unspecified atom stereocenters. The van der Waals surface area contributed by atoms with Gasteiger partial charge in [-0.05, 0) is 6.04 Å². The highest BCUT2D eigenvalue weighted by Gasteiger charge is 1.69. The van der Waals surface area contributed by atoms with Gasteiger partial charge in [0.25, 0.3) is 0 Å². The van der Waals surface area contributed by atoms with Crippen LogP contribution in [0.1, 0.15) is 6.92 Å². The van der Waals surface area contributed by atoms with Crippen molar-refractivity contribution in [2.24, 2.45) is 0 Å². The first-order chi connectivity index (χ1) is 2.41. The van der Waals surface area contributed by atoms with Crippen molar-refractivity contribution in [1.82, 2.24) is 0 Å². The third-order valence-corrected chi connectivity index (χ3v) is 2.00. The zero-order valence-corrected chi connectivity index (χ0v) is 7.11. The van der Waals surface area contributed by atoms with Crippen LogP contribution in [0.5, 0.6) is 0 Å². The molecule has 0 fully saturated rings. The van der Waals surface area contributed by atoms with Crippen LogP contribution in [0.2, 0.25) is 0 Å². The molecule has 0 amide bonds. The van der Waals surface area contributed by atoms with Gasteiger partial charge in [0.1, 0.15) is 20.2 Å². The lowest BCUT2D eigenvalue weighted by Gasteiger charge is -1.83. The summed E-state index contributed by atoms with van der Waals surface area (Å²) in [5.41, 5.74) is 0. The molecule has 5 heavy (non-hydrogen) atoms. The normalized spacial score (nSPS) is 11.4. The minimum absolute atomic E-state index is 0.131. The summed E-state index contributed by atoms with van der Waals surface area (Å²) in [4.78, 5) is 0. The van der Waals surface area contributed by atoms with E-state index in [0.717, 1.165) is 10.5 Å². The highest BCUT2D eigenvalue weighted by atomic mass is 28.3. The van der Waals surface area contributed by atoms with Crippen molar-refractivity contribution in [3.8, 4) is 0 Å². The second-order valence-corrected chi connectivity index (χ2v) is 4.32. The second kappa shape index (κ2) is 4.39. The Balaban J connectivity index is 2.19. The Morgan fingerprint density at radius 2 is 2.60 bits per heavy atom. The third-order valence-electron chi connectivity index (χ3n) is 0.333. The molecule has 0 aliphatic heterocycles. The highest BCUT2D eigenvalue weighted by molar-refractivity contribution is 6.38. The maximum absolute atomic E-state index is 4.91. The molecule has 3 heteroatoms. The van der Waals surface area contributed by atoms with Gasteiger partial charge in [0.15, 0.2) is 0 Å². The van der Waals surface area contributed by atoms with Gasteiger partial charge in [-0.1, -0.05) is 6.92 Å². The summed E-state index contributed by atoms with van der Waals surface area (Å²) in [7, 11) is 0.798. The Labute approximate surface area is 38.2 Å². The van der Waals surface area contributed by atoms with Gasteiger partial charge in [-0.15, -0.1) is 0 Å². The summed E-state index contributed by atoms with van der Waals surface area (Å²) in [6.07, 6.45) is 0. The van der Waals surface area contributed by atoms with Crippen LogP contribution in [0.15, 0.2) is 0 Å². The van der Waals surface area contributed by atoms with Gasteiger partial charge in [0.05, 0.1) is 0 Å². The highest BCUT2D eigenvalue weighted by Crippen LogP contribution is 1.62. The minimum Gasteiger partial charge on any atom is -0.468 e. The van der Waals surface area contributed by atoms with E-state index in [-0.39, 0.29) is 9.76 Å². The smallest absolute Gasteiger partial charge is 0.148 e. The summed E-state index contributed by atoms with van der Waals surface area (Å²) in [6, 6.07) is 2.13. The van der Waals surface area contributed by atoms with Gasteiger partial charge >= 0.3 is 0 Å². The summed E-state index contributed by atoms with van der Waals surface area (Å²) < 4.78 is 4.91. The number of hydrogen-bond donors (Lipinski definition) is 0. The van der Waals surface area contributed by atoms with E-state index in [9.17, 15) is 0 Å². The van der Waals surface area contributed by atoms with E-state index in [4.69, 9.17) is 4.12 Å². The van der Waals surface area contributed by atoms with E-state index in [0.29, 0.717) is 0 Å². The molecule has 0 aromatic carbocycles. The zero-order valence-electron chi connectivity index (χ0n) is 3.69. The molecule has 0 aromatic heterocycles. The summed E-state index contributed by atoms with van der Waals surface area (Å²) in [6.45, 7) is 2.05. The van der Waals surface area contributed by atoms with E-state index in [1.165, 1.54) is 0 Å². The molecule has 0 aliphatic rings. The molecule has 1 nitrogen and oxygen atoms in total. The van der Waals surface area contributed by atoms with Crippen LogP contribution < -0.4 is 0 Å². The Bertz CT molecular complexity index is 15.1. The van der Waals surface area contributed by atoms with E-state index in [1.54, 1.807) is 0 Å². The lowest BCUT2D eigenvalue weighted by molar-refractivity contribution is 0.671. The van der Waals surface area contributed by atoms with Gasteiger partial charge in [0, 0.05) is 0 Å². The van der Waals surface area contributed by atoms with Crippen LogP contribution >= 0.6 is 0 Å². The zero-order chi connectivity index (χ0) is 4.12. The molecule has 0 spiro atoms. The van der Waals surface area contributed by atoms with E-state index in [1.807, 2.05) is 6.92 Å². The van der Waals surface area contributed by atoms with Gasteiger partial charge in [-0.25, -0.2) is 0 Å². The van der Waals surface area contributed by atoms with Gasteiger partial charge in [-0.2, -0.15) is 0 Å². The molecule has 0 heterocycles. The molecule has 0 rings (SSSR count). The molecule has 31 valence electrons. The lowest BCUT2D eigenvalue weighted by Crippen LogP contribution is -1.90.